The molecule has 3 aliphatic rings. The van der Waals surface area contributed by atoms with Crippen molar-refractivity contribution in [3.63, 3.8) is 0 Å². The summed E-state index contributed by atoms with van der Waals surface area (Å²) in [6.07, 6.45) is 1.07. The van der Waals surface area contributed by atoms with Gasteiger partial charge in [-0.25, -0.2) is 9.37 Å². The summed E-state index contributed by atoms with van der Waals surface area (Å²) in [5, 5.41) is 0. The van der Waals surface area contributed by atoms with Gasteiger partial charge in [0.05, 0.1) is 11.6 Å². The lowest BCUT2D eigenvalue weighted by Gasteiger charge is -2.49. The average molecular weight is 486 g/mol. The lowest BCUT2D eigenvalue weighted by Crippen LogP contribution is -2.59. The van der Waals surface area contributed by atoms with Gasteiger partial charge in [-0.05, 0) is 61.9 Å². The summed E-state index contributed by atoms with van der Waals surface area (Å²) < 4.78 is 59.1. The van der Waals surface area contributed by atoms with Crippen LogP contribution in [0.1, 0.15) is 40.9 Å². The fourth-order valence-electron chi connectivity index (χ4n) is 4.99. The molecule has 1 amide bonds. The Hall–Kier alpha value is -3.56. The summed E-state index contributed by atoms with van der Waals surface area (Å²) >= 11 is 0. The maximum absolute atomic E-state index is 14.6. The van der Waals surface area contributed by atoms with E-state index in [0.29, 0.717) is 30.5 Å². The summed E-state index contributed by atoms with van der Waals surface area (Å²) in [4.78, 5) is 27.7. The Morgan fingerprint density at radius 2 is 1.91 bits per heavy atom. The van der Waals surface area contributed by atoms with Crippen LogP contribution in [0, 0.1) is 18.7 Å². The van der Waals surface area contributed by atoms with Crippen LogP contribution in [0.5, 0.6) is 5.88 Å². The number of amides is 1. The van der Waals surface area contributed by atoms with Crippen molar-refractivity contribution >= 4 is 5.91 Å². The first-order chi connectivity index (χ1) is 16.7. The molecule has 3 aromatic rings. The zero-order chi connectivity index (χ0) is 24.7. The number of pyridine rings is 3. The smallest absolute Gasteiger partial charge is 0.417 e. The highest BCUT2D eigenvalue weighted by molar-refractivity contribution is 5.99. The Bertz CT molecular complexity index is 1250. The molecule has 182 valence electrons. The molecule has 6 rings (SSSR count). The van der Waals surface area contributed by atoms with Crippen LogP contribution in [-0.2, 0) is 6.18 Å². The molecule has 1 aliphatic carbocycles. The highest BCUT2D eigenvalue weighted by Gasteiger charge is 2.45. The summed E-state index contributed by atoms with van der Waals surface area (Å²) in [7, 11) is 0. The molecule has 0 aromatic carbocycles. The van der Waals surface area contributed by atoms with Crippen molar-refractivity contribution in [2.45, 2.75) is 44.5 Å². The van der Waals surface area contributed by atoms with E-state index in [9.17, 15) is 22.4 Å². The lowest BCUT2D eigenvalue weighted by molar-refractivity contribution is -0.137. The number of aryl methyl sites for hydroxylation is 1. The van der Waals surface area contributed by atoms with Gasteiger partial charge in [0.15, 0.2) is 0 Å². The third-order valence-corrected chi connectivity index (χ3v) is 6.67. The molecule has 6 nitrogen and oxygen atoms in total. The van der Waals surface area contributed by atoms with Gasteiger partial charge in [0.2, 0.25) is 5.88 Å². The van der Waals surface area contributed by atoms with Crippen molar-refractivity contribution in [3.8, 4) is 17.1 Å². The van der Waals surface area contributed by atoms with Crippen LogP contribution in [0.15, 0.2) is 48.9 Å². The summed E-state index contributed by atoms with van der Waals surface area (Å²) in [6, 6.07) is 6.28. The molecule has 0 spiro atoms. The fraction of sp³-hybridized carbons (Fsp3) is 0.360. The van der Waals surface area contributed by atoms with E-state index in [1.165, 1.54) is 30.6 Å². The van der Waals surface area contributed by atoms with Gasteiger partial charge in [-0.1, -0.05) is 0 Å². The van der Waals surface area contributed by atoms with Crippen LogP contribution < -0.4 is 4.74 Å². The molecule has 0 N–H and O–H groups in total. The highest BCUT2D eigenvalue weighted by atomic mass is 19.4. The van der Waals surface area contributed by atoms with Gasteiger partial charge in [-0.15, -0.1) is 0 Å². The minimum atomic E-state index is -4.48. The third-order valence-electron chi connectivity index (χ3n) is 6.67. The molecule has 2 aliphatic heterocycles. The number of aromatic nitrogens is 3. The first-order valence-electron chi connectivity index (χ1n) is 11.3. The lowest BCUT2D eigenvalue weighted by atomic mass is 9.77. The summed E-state index contributed by atoms with van der Waals surface area (Å²) in [6.45, 7) is 2.27. The second-order valence-electron chi connectivity index (χ2n) is 8.93. The maximum Gasteiger partial charge on any atom is 0.417 e. The Balaban J connectivity index is 1.42. The van der Waals surface area contributed by atoms with Crippen molar-refractivity contribution in [2.75, 3.05) is 6.54 Å². The molecule has 3 atom stereocenters. The normalized spacial score (nSPS) is 21.7. The fourth-order valence-corrected chi connectivity index (χ4v) is 4.99. The predicted molar refractivity (Wildman–Crippen MR) is 118 cm³/mol. The molecule has 3 fully saturated rings. The Labute approximate surface area is 199 Å². The predicted octanol–water partition coefficient (Wildman–Crippen LogP) is 5.08. The molecule has 2 bridgehead atoms. The number of hydrogen-bond donors (Lipinski definition) is 0. The van der Waals surface area contributed by atoms with Crippen molar-refractivity contribution in [1.29, 1.82) is 0 Å². The van der Waals surface area contributed by atoms with Gasteiger partial charge in [0.1, 0.15) is 23.3 Å². The molecule has 5 heterocycles. The van der Waals surface area contributed by atoms with Gasteiger partial charge in [0.25, 0.3) is 5.91 Å². The molecular weight excluding hydrogens is 464 g/mol. The van der Waals surface area contributed by atoms with Gasteiger partial charge >= 0.3 is 6.18 Å². The van der Waals surface area contributed by atoms with Crippen molar-refractivity contribution in [1.82, 2.24) is 19.9 Å². The number of nitrogens with zero attached hydrogens (tertiary/aromatic N) is 4. The number of hydrogen-bond acceptors (Lipinski definition) is 5. The van der Waals surface area contributed by atoms with E-state index in [2.05, 4.69) is 15.0 Å². The largest absolute Gasteiger partial charge is 0.472 e. The van der Waals surface area contributed by atoms with Gasteiger partial charge < -0.3 is 9.64 Å². The number of piperidine rings is 2. The number of carbonyl (C=O) groups excluding carboxylic acids is 1. The summed E-state index contributed by atoms with van der Waals surface area (Å²) in [5.41, 5.74) is 0.336. The standard InChI is InChI=1S/C25H22F4N4O2/c1-14-8-10-31-23(21(14)22-17(26)3-2-9-30-22)24(34)33-13-15-4-6-18(33)19(11-15)35-20-7-5-16(12-32-20)25(27,28)29/h2-3,5,7-10,12,15,18-19H,4,6,11,13H2,1H3/t15?,18-,19+/m0/s1. The minimum absolute atomic E-state index is 0.0605. The van der Waals surface area contributed by atoms with E-state index in [1.54, 1.807) is 17.9 Å². The number of halogens is 4. The second-order valence-corrected chi connectivity index (χ2v) is 8.93. The zero-order valence-electron chi connectivity index (χ0n) is 18.8. The average Bonchev–Trinajstić information content (AvgIpc) is 2.84. The van der Waals surface area contributed by atoms with Gasteiger partial charge in [0, 0.05) is 36.8 Å². The number of carbonyl (C=O) groups is 1. The second kappa shape index (κ2) is 8.90. The molecule has 2 saturated heterocycles. The van der Waals surface area contributed by atoms with Crippen molar-refractivity contribution in [3.05, 3.63) is 71.6 Å². The van der Waals surface area contributed by atoms with E-state index in [1.807, 2.05) is 0 Å². The first-order valence-corrected chi connectivity index (χ1v) is 11.3. The van der Waals surface area contributed by atoms with Crippen LogP contribution in [0.2, 0.25) is 0 Å². The molecule has 10 heteroatoms. The van der Waals surface area contributed by atoms with E-state index in [0.717, 1.165) is 18.7 Å². The third kappa shape index (κ3) is 4.44. The molecular formula is C25H22F4N4O2. The van der Waals surface area contributed by atoms with Crippen molar-refractivity contribution < 1.29 is 27.1 Å². The number of fused-ring (bicyclic) bond motifs is 3. The molecule has 3 aromatic heterocycles. The quantitative estimate of drug-likeness (QED) is 0.482. The SMILES string of the molecule is Cc1ccnc(C(=O)N2CC3CC[C@H]2[C@H](Oc2ccc(C(F)(F)F)cn2)C3)c1-c1ncccc1F. The van der Waals surface area contributed by atoms with Crippen LogP contribution >= 0.6 is 0 Å². The molecule has 1 saturated carbocycles. The van der Waals surface area contributed by atoms with Crippen LogP contribution in [0.3, 0.4) is 0 Å². The monoisotopic (exact) mass is 486 g/mol. The van der Waals surface area contributed by atoms with E-state index in [-0.39, 0.29) is 35.1 Å². The maximum atomic E-state index is 14.6. The Morgan fingerprint density at radius 1 is 1.09 bits per heavy atom. The molecule has 35 heavy (non-hydrogen) atoms. The van der Waals surface area contributed by atoms with Gasteiger partial charge in [-0.2, -0.15) is 13.2 Å². The molecule has 0 radical (unpaired) electrons. The highest BCUT2D eigenvalue weighted by Crippen LogP contribution is 2.39. The van der Waals surface area contributed by atoms with Crippen LogP contribution in [0.25, 0.3) is 11.3 Å². The Morgan fingerprint density at radius 3 is 2.60 bits per heavy atom. The van der Waals surface area contributed by atoms with E-state index < -0.39 is 23.7 Å². The van der Waals surface area contributed by atoms with Gasteiger partial charge in [-0.3, -0.25) is 14.8 Å². The van der Waals surface area contributed by atoms with E-state index >= 15 is 0 Å². The van der Waals surface area contributed by atoms with Crippen LogP contribution in [-0.4, -0.2) is 44.4 Å². The van der Waals surface area contributed by atoms with E-state index in [4.69, 9.17) is 4.74 Å². The first kappa shape index (κ1) is 23.2. The topological polar surface area (TPSA) is 68.2 Å². The Kier molecular flexibility index (Phi) is 5.90. The minimum Gasteiger partial charge on any atom is -0.472 e. The zero-order valence-corrected chi connectivity index (χ0v) is 18.8. The van der Waals surface area contributed by atoms with Crippen LogP contribution in [0.4, 0.5) is 17.6 Å². The summed E-state index contributed by atoms with van der Waals surface area (Å²) in [5.74, 6) is -0.652. The number of ether oxygens (including phenoxy) is 1. The number of rotatable bonds is 4. The number of alkyl halides is 3. The molecule has 1 unspecified atom stereocenters. The van der Waals surface area contributed by atoms with Crippen molar-refractivity contribution in [2.24, 2.45) is 5.92 Å².